The van der Waals surface area contributed by atoms with Gasteiger partial charge in [-0.25, -0.2) is 0 Å². The van der Waals surface area contributed by atoms with Crippen LogP contribution in [0.15, 0.2) is 47.6 Å². The summed E-state index contributed by atoms with van der Waals surface area (Å²) >= 11 is 17.9. The fourth-order valence-corrected chi connectivity index (χ4v) is 3.42. The summed E-state index contributed by atoms with van der Waals surface area (Å²) in [5.74, 6) is 1.22. The van der Waals surface area contributed by atoms with Gasteiger partial charge in [-0.15, -0.1) is 0 Å². The first-order valence-electron chi connectivity index (χ1n) is 8.84. The lowest BCUT2D eigenvalue weighted by Gasteiger charge is -2.13. The highest BCUT2D eigenvalue weighted by Crippen LogP contribution is 2.34. The summed E-state index contributed by atoms with van der Waals surface area (Å²) in [5, 5.41) is 12.4. The Labute approximate surface area is 179 Å². The van der Waals surface area contributed by atoms with Crippen molar-refractivity contribution < 1.29 is 4.74 Å². The Morgan fingerprint density at radius 1 is 1.18 bits per heavy atom. The lowest BCUT2D eigenvalue weighted by molar-refractivity contribution is 0.243. The zero-order chi connectivity index (χ0) is 20.1. The number of H-pyrrole nitrogens is 1. The van der Waals surface area contributed by atoms with Crippen molar-refractivity contribution in [2.75, 3.05) is 0 Å². The third kappa shape index (κ3) is 5.22. The van der Waals surface area contributed by atoms with E-state index in [0.29, 0.717) is 27.0 Å². The van der Waals surface area contributed by atoms with Crippen molar-refractivity contribution in [3.63, 3.8) is 0 Å². The van der Waals surface area contributed by atoms with Crippen LogP contribution < -0.4 is 4.74 Å². The van der Waals surface area contributed by atoms with Crippen LogP contribution in [-0.2, 0) is 12.8 Å². The van der Waals surface area contributed by atoms with E-state index in [1.165, 1.54) is 5.56 Å². The standard InChI is InChI=1S/C20H20Cl2N4OS/c1-13(2)27-19-16(21)10-15(11-17(19)22)12-23-26-18(24-25-20(26)28)9-8-14-6-4-3-5-7-14/h3-7,10-13H,8-9H2,1-2H3,(H,25,28)/b23-12-. The normalized spacial score (nSPS) is 11.5. The minimum absolute atomic E-state index is 0.0223. The number of benzene rings is 2. The molecule has 0 aliphatic carbocycles. The smallest absolute Gasteiger partial charge is 0.216 e. The Kier molecular flexibility index (Phi) is 6.88. The predicted octanol–water partition coefficient (Wildman–Crippen LogP) is 5.70. The molecule has 0 amide bonds. The van der Waals surface area contributed by atoms with E-state index in [1.807, 2.05) is 32.0 Å². The predicted molar refractivity (Wildman–Crippen MR) is 116 cm³/mol. The van der Waals surface area contributed by atoms with Crippen LogP contribution in [0.1, 0.15) is 30.8 Å². The summed E-state index contributed by atoms with van der Waals surface area (Å²) < 4.78 is 7.68. The van der Waals surface area contributed by atoms with Crippen molar-refractivity contribution in [3.8, 4) is 5.75 Å². The maximum Gasteiger partial charge on any atom is 0.216 e. The van der Waals surface area contributed by atoms with Crippen LogP contribution in [0.3, 0.4) is 0 Å². The molecule has 1 aromatic heterocycles. The van der Waals surface area contributed by atoms with Gasteiger partial charge in [-0.3, -0.25) is 5.10 Å². The monoisotopic (exact) mass is 434 g/mol. The van der Waals surface area contributed by atoms with E-state index in [2.05, 4.69) is 27.4 Å². The molecule has 1 N–H and O–H groups in total. The number of ether oxygens (including phenoxy) is 1. The number of aromatic nitrogens is 3. The molecular weight excluding hydrogens is 415 g/mol. The molecule has 0 atom stereocenters. The Bertz CT molecular complexity index is 1010. The molecule has 0 radical (unpaired) electrons. The molecule has 3 aromatic rings. The number of hydrogen-bond donors (Lipinski definition) is 1. The molecule has 0 saturated heterocycles. The number of aromatic amines is 1. The van der Waals surface area contributed by atoms with Gasteiger partial charge < -0.3 is 4.74 Å². The van der Waals surface area contributed by atoms with E-state index < -0.39 is 0 Å². The van der Waals surface area contributed by atoms with Crippen LogP contribution in [0.5, 0.6) is 5.75 Å². The number of hydrogen-bond acceptors (Lipinski definition) is 4. The molecule has 0 spiro atoms. The van der Waals surface area contributed by atoms with E-state index in [-0.39, 0.29) is 6.10 Å². The number of aryl methyl sites for hydroxylation is 2. The number of nitrogens with one attached hydrogen (secondary N) is 1. The van der Waals surface area contributed by atoms with Gasteiger partial charge in [0.1, 0.15) is 0 Å². The van der Waals surface area contributed by atoms with Crippen LogP contribution in [0.25, 0.3) is 0 Å². The van der Waals surface area contributed by atoms with Crippen LogP contribution in [0.2, 0.25) is 10.0 Å². The molecule has 0 aliphatic rings. The molecule has 2 aromatic carbocycles. The fourth-order valence-electron chi connectivity index (χ4n) is 2.63. The first-order chi connectivity index (χ1) is 13.4. The molecule has 3 rings (SSSR count). The number of rotatable bonds is 7. The zero-order valence-electron chi connectivity index (χ0n) is 15.5. The molecule has 0 saturated carbocycles. The maximum atomic E-state index is 6.30. The van der Waals surface area contributed by atoms with Gasteiger partial charge in [-0.2, -0.15) is 14.9 Å². The highest BCUT2D eigenvalue weighted by molar-refractivity contribution is 7.71. The summed E-state index contributed by atoms with van der Waals surface area (Å²) in [6.07, 6.45) is 3.17. The summed E-state index contributed by atoms with van der Waals surface area (Å²) in [4.78, 5) is 0. The first kappa shape index (κ1) is 20.6. The molecule has 0 aliphatic heterocycles. The summed E-state index contributed by atoms with van der Waals surface area (Å²) in [6, 6.07) is 13.7. The lowest BCUT2D eigenvalue weighted by atomic mass is 10.1. The SMILES string of the molecule is CC(C)Oc1c(Cl)cc(/C=N\n2c(CCc3ccccc3)n[nH]c2=S)cc1Cl. The molecule has 146 valence electrons. The van der Waals surface area contributed by atoms with Crippen molar-refractivity contribution in [3.05, 3.63) is 74.2 Å². The Balaban J connectivity index is 1.79. The largest absolute Gasteiger partial charge is 0.488 e. The van der Waals surface area contributed by atoms with Crippen molar-refractivity contribution in [1.82, 2.24) is 14.9 Å². The van der Waals surface area contributed by atoms with Gasteiger partial charge in [0.2, 0.25) is 4.77 Å². The van der Waals surface area contributed by atoms with Crippen LogP contribution in [0, 0.1) is 4.77 Å². The van der Waals surface area contributed by atoms with E-state index >= 15 is 0 Å². The number of nitrogens with zero attached hydrogens (tertiary/aromatic N) is 3. The van der Waals surface area contributed by atoms with E-state index in [0.717, 1.165) is 17.8 Å². The maximum absolute atomic E-state index is 6.30. The van der Waals surface area contributed by atoms with E-state index in [4.69, 9.17) is 40.2 Å². The van der Waals surface area contributed by atoms with E-state index in [1.54, 1.807) is 23.0 Å². The molecule has 0 bridgehead atoms. The molecule has 0 unspecified atom stereocenters. The average Bonchev–Trinajstić information content (AvgIpc) is 3.01. The van der Waals surface area contributed by atoms with Crippen LogP contribution in [0.4, 0.5) is 0 Å². The molecule has 5 nitrogen and oxygen atoms in total. The molecule has 1 heterocycles. The Morgan fingerprint density at radius 3 is 2.50 bits per heavy atom. The third-order valence-electron chi connectivity index (χ3n) is 3.89. The number of halogens is 2. The molecule has 8 heteroatoms. The topological polar surface area (TPSA) is 55.2 Å². The molecule has 0 fully saturated rings. The highest BCUT2D eigenvalue weighted by atomic mass is 35.5. The van der Waals surface area contributed by atoms with E-state index in [9.17, 15) is 0 Å². The minimum Gasteiger partial charge on any atom is -0.488 e. The molecular formula is C20H20Cl2N4OS. The Morgan fingerprint density at radius 2 is 1.86 bits per heavy atom. The fraction of sp³-hybridized carbons (Fsp3) is 0.250. The summed E-state index contributed by atoms with van der Waals surface area (Å²) in [7, 11) is 0. The third-order valence-corrected chi connectivity index (χ3v) is 4.72. The zero-order valence-corrected chi connectivity index (χ0v) is 17.9. The second-order valence-electron chi connectivity index (χ2n) is 6.47. The van der Waals surface area contributed by atoms with Gasteiger partial charge in [0.15, 0.2) is 11.6 Å². The van der Waals surface area contributed by atoms with Gasteiger partial charge in [0.05, 0.1) is 22.4 Å². The second kappa shape index (κ2) is 9.37. The van der Waals surface area contributed by atoms with Gasteiger partial charge in [-0.05, 0) is 55.7 Å². The highest BCUT2D eigenvalue weighted by Gasteiger charge is 2.11. The van der Waals surface area contributed by atoms with Gasteiger partial charge in [0, 0.05) is 6.42 Å². The summed E-state index contributed by atoms with van der Waals surface area (Å²) in [6.45, 7) is 3.83. The van der Waals surface area contributed by atoms with Crippen molar-refractivity contribution in [2.24, 2.45) is 5.10 Å². The van der Waals surface area contributed by atoms with Crippen LogP contribution >= 0.6 is 35.4 Å². The quantitative estimate of drug-likeness (QED) is 0.383. The average molecular weight is 435 g/mol. The van der Waals surface area contributed by atoms with Gasteiger partial charge in [-0.1, -0.05) is 53.5 Å². The van der Waals surface area contributed by atoms with Gasteiger partial charge >= 0.3 is 0 Å². The minimum atomic E-state index is -0.0223. The van der Waals surface area contributed by atoms with Crippen molar-refractivity contribution >= 4 is 41.6 Å². The van der Waals surface area contributed by atoms with Crippen molar-refractivity contribution in [2.45, 2.75) is 32.8 Å². The van der Waals surface area contributed by atoms with Crippen LogP contribution in [-0.4, -0.2) is 27.2 Å². The first-order valence-corrected chi connectivity index (χ1v) is 10.0. The summed E-state index contributed by atoms with van der Waals surface area (Å²) in [5.41, 5.74) is 1.97. The Hall–Kier alpha value is -2.15. The lowest BCUT2D eigenvalue weighted by Crippen LogP contribution is -2.06. The second-order valence-corrected chi connectivity index (χ2v) is 7.67. The van der Waals surface area contributed by atoms with Gasteiger partial charge in [0.25, 0.3) is 0 Å². The van der Waals surface area contributed by atoms with Crippen molar-refractivity contribution in [1.29, 1.82) is 0 Å². The molecule has 28 heavy (non-hydrogen) atoms.